The number of benzene rings is 1. The van der Waals surface area contributed by atoms with Gasteiger partial charge in [-0.3, -0.25) is 4.79 Å². The highest BCUT2D eigenvalue weighted by Gasteiger charge is 2.10. The van der Waals surface area contributed by atoms with E-state index in [2.05, 4.69) is 0 Å². The van der Waals surface area contributed by atoms with Gasteiger partial charge in [0, 0.05) is 19.4 Å². The van der Waals surface area contributed by atoms with E-state index in [1.165, 1.54) is 11.8 Å². The van der Waals surface area contributed by atoms with Crippen LogP contribution in [0.5, 0.6) is 0 Å². The average molecular weight is 232 g/mol. The van der Waals surface area contributed by atoms with Gasteiger partial charge in [-0.1, -0.05) is 30.3 Å². The Hall–Kier alpha value is -1.73. The van der Waals surface area contributed by atoms with Crippen molar-refractivity contribution in [2.24, 2.45) is 0 Å². The van der Waals surface area contributed by atoms with E-state index in [0.29, 0.717) is 0 Å². The molecule has 0 aliphatic carbocycles. The van der Waals surface area contributed by atoms with E-state index in [9.17, 15) is 4.79 Å². The Morgan fingerprint density at radius 1 is 1.44 bits per heavy atom. The molecule has 0 bridgehead atoms. The van der Waals surface area contributed by atoms with Crippen LogP contribution in [0, 0.1) is 10.7 Å². The van der Waals surface area contributed by atoms with Gasteiger partial charge in [0.25, 0.3) is 0 Å². The summed E-state index contributed by atoms with van der Waals surface area (Å²) in [6.45, 7) is 1.49. The quantitative estimate of drug-likeness (QED) is 0.752. The van der Waals surface area contributed by atoms with Crippen LogP contribution in [-0.2, 0) is 4.79 Å². The molecule has 0 spiro atoms. The lowest BCUT2D eigenvalue weighted by Crippen LogP contribution is -2.21. The molecule has 3 nitrogen and oxygen atoms in total. The predicted molar refractivity (Wildman–Crippen MR) is 66.1 cm³/mol. The topological polar surface area (TPSA) is 44.1 Å². The molecule has 1 amide bonds. The molecule has 0 atom stereocenters. The van der Waals surface area contributed by atoms with E-state index in [4.69, 9.17) is 5.26 Å². The van der Waals surface area contributed by atoms with Crippen LogP contribution in [0.25, 0.3) is 5.70 Å². The van der Waals surface area contributed by atoms with Gasteiger partial charge in [0.05, 0.1) is 5.70 Å². The molecule has 1 rings (SSSR count). The van der Waals surface area contributed by atoms with Crippen LogP contribution < -0.4 is 0 Å². The Bertz CT molecular complexity index is 434. The SMILES string of the molecule is CC(=O)N(C)C(=CSC#N)c1ccccc1. The monoisotopic (exact) mass is 232 g/mol. The number of carbonyl (C=O) groups is 1. The van der Waals surface area contributed by atoms with Gasteiger partial charge in [-0.25, -0.2) is 0 Å². The highest BCUT2D eigenvalue weighted by molar-refractivity contribution is 8.06. The first-order chi connectivity index (χ1) is 7.66. The number of amides is 1. The highest BCUT2D eigenvalue weighted by Crippen LogP contribution is 2.21. The van der Waals surface area contributed by atoms with Crippen molar-refractivity contribution in [1.29, 1.82) is 5.26 Å². The number of carbonyl (C=O) groups excluding carboxylic acids is 1. The zero-order valence-electron chi connectivity index (χ0n) is 9.18. The number of hydrogen-bond acceptors (Lipinski definition) is 3. The van der Waals surface area contributed by atoms with Crippen LogP contribution in [0.2, 0.25) is 0 Å². The summed E-state index contributed by atoms with van der Waals surface area (Å²) in [5, 5.41) is 12.2. The first-order valence-electron chi connectivity index (χ1n) is 4.71. The number of nitriles is 1. The fourth-order valence-corrected chi connectivity index (χ4v) is 1.66. The Morgan fingerprint density at radius 2 is 2.06 bits per heavy atom. The number of hydrogen-bond donors (Lipinski definition) is 0. The molecule has 0 fully saturated rings. The van der Waals surface area contributed by atoms with Gasteiger partial charge in [0.15, 0.2) is 0 Å². The summed E-state index contributed by atoms with van der Waals surface area (Å²) in [5.74, 6) is -0.0614. The van der Waals surface area contributed by atoms with E-state index in [1.807, 2.05) is 35.7 Å². The summed E-state index contributed by atoms with van der Waals surface area (Å²) in [7, 11) is 1.69. The summed E-state index contributed by atoms with van der Waals surface area (Å²) >= 11 is 1.01. The first-order valence-corrected chi connectivity index (χ1v) is 5.59. The second kappa shape index (κ2) is 5.99. The summed E-state index contributed by atoms with van der Waals surface area (Å²) in [4.78, 5) is 12.8. The number of rotatable bonds is 3. The molecule has 0 aliphatic rings. The molecule has 0 aliphatic heterocycles. The standard InChI is InChI=1S/C12H12N2OS/c1-10(15)14(2)12(8-16-9-13)11-6-4-3-5-7-11/h3-8H,1-2H3. The van der Waals surface area contributed by atoms with Crippen molar-refractivity contribution >= 4 is 23.4 Å². The third kappa shape index (κ3) is 3.14. The fourth-order valence-electron chi connectivity index (χ4n) is 1.20. The third-order valence-corrected chi connectivity index (χ3v) is 2.57. The fraction of sp³-hybridized carbons (Fsp3) is 0.167. The molecule has 0 saturated heterocycles. The minimum Gasteiger partial charge on any atom is -0.315 e. The van der Waals surface area contributed by atoms with Crippen LogP contribution in [-0.4, -0.2) is 17.9 Å². The minimum atomic E-state index is -0.0614. The molecule has 82 valence electrons. The van der Waals surface area contributed by atoms with Crippen molar-refractivity contribution in [1.82, 2.24) is 4.90 Å². The zero-order chi connectivity index (χ0) is 12.0. The zero-order valence-corrected chi connectivity index (χ0v) is 9.99. The van der Waals surface area contributed by atoms with Gasteiger partial charge >= 0.3 is 0 Å². The minimum absolute atomic E-state index is 0.0614. The second-order valence-corrected chi connectivity index (χ2v) is 3.81. The maximum absolute atomic E-state index is 11.3. The molecular weight excluding hydrogens is 220 g/mol. The summed E-state index contributed by atoms with van der Waals surface area (Å²) < 4.78 is 0. The molecule has 0 radical (unpaired) electrons. The Kier molecular flexibility index (Phi) is 4.62. The van der Waals surface area contributed by atoms with Crippen molar-refractivity contribution in [3.8, 4) is 5.40 Å². The maximum Gasteiger partial charge on any atom is 0.223 e. The molecule has 0 N–H and O–H groups in total. The molecule has 1 aromatic carbocycles. The van der Waals surface area contributed by atoms with Gasteiger partial charge in [-0.15, -0.1) is 0 Å². The molecule has 16 heavy (non-hydrogen) atoms. The molecular formula is C12H12N2OS. The van der Waals surface area contributed by atoms with E-state index in [0.717, 1.165) is 23.0 Å². The smallest absolute Gasteiger partial charge is 0.223 e. The predicted octanol–water partition coefficient (Wildman–Crippen LogP) is 2.68. The molecule has 0 unspecified atom stereocenters. The lowest BCUT2D eigenvalue weighted by Gasteiger charge is -2.18. The molecule has 0 saturated carbocycles. The molecule has 1 aromatic rings. The van der Waals surface area contributed by atoms with Crippen LogP contribution in [0.3, 0.4) is 0 Å². The van der Waals surface area contributed by atoms with Gasteiger partial charge in [-0.05, 0) is 17.3 Å². The van der Waals surface area contributed by atoms with Crippen molar-refractivity contribution < 1.29 is 4.79 Å². The Morgan fingerprint density at radius 3 is 2.56 bits per heavy atom. The summed E-state index contributed by atoms with van der Waals surface area (Å²) in [6.07, 6.45) is 0. The largest absolute Gasteiger partial charge is 0.315 e. The van der Waals surface area contributed by atoms with Crippen LogP contribution >= 0.6 is 11.8 Å². The molecule has 0 heterocycles. The second-order valence-electron chi connectivity index (χ2n) is 3.16. The van der Waals surface area contributed by atoms with E-state index < -0.39 is 0 Å². The molecule has 4 heteroatoms. The van der Waals surface area contributed by atoms with Crippen molar-refractivity contribution in [3.05, 3.63) is 41.3 Å². The van der Waals surface area contributed by atoms with E-state index in [-0.39, 0.29) is 5.91 Å². The molecule has 0 aromatic heterocycles. The van der Waals surface area contributed by atoms with Crippen molar-refractivity contribution in [3.63, 3.8) is 0 Å². The summed E-state index contributed by atoms with van der Waals surface area (Å²) in [6, 6.07) is 9.51. The van der Waals surface area contributed by atoms with Gasteiger partial charge in [0.2, 0.25) is 5.91 Å². The average Bonchev–Trinajstić information content (AvgIpc) is 2.30. The van der Waals surface area contributed by atoms with Gasteiger partial charge in [-0.2, -0.15) is 5.26 Å². The number of nitrogens with zero attached hydrogens (tertiary/aromatic N) is 2. The lowest BCUT2D eigenvalue weighted by atomic mass is 10.1. The van der Waals surface area contributed by atoms with Gasteiger partial charge in [0.1, 0.15) is 5.40 Å². The maximum atomic E-state index is 11.3. The normalized spacial score (nSPS) is 10.7. The number of thiocyanates is 1. The van der Waals surface area contributed by atoms with Crippen molar-refractivity contribution in [2.45, 2.75) is 6.92 Å². The van der Waals surface area contributed by atoms with E-state index >= 15 is 0 Å². The van der Waals surface area contributed by atoms with Crippen LogP contribution in [0.1, 0.15) is 12.5 Å². The van der Waals surface area contributed by atoms with Gasteiger partial charge < -0.3 is 4.90 Å². The van der Waals surface area contributed by atoms with Crippen LogP contribution in [0.4, 0.5) is 0 Å². The van der Waals surface area contributed by atoms with Crippen LogP contribution in [0.15, 0.2) is 35.7 Å². The Labute approximate surface area is 99.4 Å². The third-order valence-electron chi connectivity index (χ3n) is 2.13. The Balaban J connectivity index is 3.07. The van der Waals surface area contributed by atoms with Crippen molar-refractivity contribution in [2.75, 3.05) is 7.05 Å². The highest BCUT2D eigenvalue weighted by atomic mass is 32.2. The number of thioether (sulfide) groups is 1. The first kappa shape index (κ1) is 12.3. The lowest BCUT2D eigenvalue weighted by molar-refractivity contribution is -0.124. The summed E-state index contributed by atoms with van der Waals surface area (Å²) in [5.41, 5.74) is 1.66. The van der Waals surface area contributed by atoms with E-state index in [1.54, 1.807) is 12.5 Å².